The number of nitrogens with one attached hydrogen (secondary N) is 1. The van der Waals surface area contributed by atoms with Crippen molar-refractivity contribution in [2.75, 3.05) is 6.79 Å². The number of fused-ring (bicyclic) bond motifs is 1. The molecule has 1 atom stereocenters. The quantitative estimate of drug-likeness (QED) is 0.476. The van der Waals surface area contributed by atoms with Crippen molar-refractivity contribution in [3.05, 3.63) is 53.6 Å². The molecular weight excluding hydrogens is 472 g/mol. The van der Waals surface area contributed by atoms with E-state index in [0.29, 0.717) is 23.7 Å². The van der Waals surface area contributed by atoms with E-state index in [1.807, 2.05) is 56.3 Å². The van der Waals surface area contributed by atoms with Gasteiger partial charge in [-0.05, 0) is 49.1 Å². The molecule has 1 aliphatic heterocycles. The molecule has 1 aromatic heterocycles. The number of rotatable bonds is 9. The summed E-state index contributed by atoms with van der Waals surface area (Å²) in [5.41, 5.74) is 2.80. The van der Waals surface area contributed by atoms with Gasteiger partial charge in [0.1, 0.15) is 12.6 Å². The second kappa shape index (κ2) is 11.0. The maximum absolute atomic E-state index is 13.6. The number of aryl methyl sites for hydroxylation is 1. The molecule has 2 aliphatic rings. The van der Waals surface area contributed by atoms with Crippen LogP contribution in [-0.4, -0.2) is 55.8 Å². The summed E-state index contributed by atoms with van der Waals surface area (Å²) in [6.45, 7) is 4.21. The monoisotopic (exact) mass is 504 g/mol. The van der Waals surface area contributed by atoms with Gasteiger partial charge >= 0.3 is 0 Å². The van der Waals surface area contributed by atoms with Crippen LogP contribution >= 0.6 is 0 Å². The molecular formula is C27H32N6O4. The fourth-order valence-electron chi connectivity index (χ4n) is 4.86. The van der Waals surface area contributed by atoms with Crippen LogP contribution in [0.3, 0.4) is 0 Å². The minimum Gasteiger partial charge on any atom is -0.454 e. The van der Waals surface area contributed by atoms with Crippen LogP contribution < -0.4 is 14.8 Å². The molecule has 0 unspecified atom stereocenters. The van der Waals surface area contributed by atoms with Crippen LogP contribution in [0.25, 0.3) is 11.4 Å². The highest BCUT2D eigenvalue weighted by Gasteiger charge is 2.31. The van der Waals surface area contributed by atoms with E-state index < -0.39 is 6.04 Å². The highest BCUT2D eigenvalue weighted by atomic mass is 16.7. The fourth-order valence-corrected chi connectivity index (χ4v) is 4.86. The molecule has 1 saturated carbocycles. The Bertz CT molecular complexity index is 1250. The smallest absolute Gasteiger partial charge is 0.247 e. The maximum atomic E-state index is 13.6. The molecule has 0 spiro atoms. The number of hydrogen-bond donors (Lipinski definition) is 1. The fraction of sp³-hybridized carbons (Fsp3) is 0.444. The first kappa shape index (κ1) is 24.7. The first-order chi connectivity index (χ1) is 18.0. The first-order valence-electron chi connectivity index (χ1n) is 12.8. The summed E-state index contributed by atoms with van der Waals surface area (Å²) in [6, 6.07) is 12.9. The number of aromatic nitrogens is 4. The average molecular weight is 505 g/mol. The van der Waals surface area contributed by atoms with Gasteiger partial charge in [-0.2, -0.15) is 4.80 Å². The Morgan fingerprint density at radius 1 is 1.11 bits per heavy atom. The Morgan fingerprint density at radius 3 is 2.62 bits per heavy atom. The number of carbonyl (C=O) groups excluding carboxylic acids is 2. The standard InChI is InChI=1S/C27H32N6O4/c1-3-22(27(35)28-21-6-4-5-7-21)32(15-19-10-13-23-24(14-19)37-17-36-23)25(34)16-33-30-26(29-31-33)20-11-8-18(2)9-12-20/h8-14,21-22H,3-7,15-17H2,1-2H3,(H,28,35)/t22-/m0/s1. The normalized spacial score (nSPS) is 15.5. The largest absolute Gasteiger partial charge is 0.454 e. The van der Waals surface area contributed by atoms with Crippen molar-refractivity contribution in [3.63, 3.8) is 0 Å². The van der Waals surface area contributed by atoms with Gasteiger partial charge in [0.25, 0.3) is 0 Å². The number of ether oxygens (including phenoxy) is 2. The molecule has 1 aliphatic carbocycles. The predicted octanol–water partition coefficient (Wildman–Crippen LogP) is 3.24. The Hall–Kier alpha value is -3.95. The van der Waals surface area contributed by atoms with Crippen molar-refractivity contribution in [1.82, 2.24) is 30.4 Å². The van der Waals surface area contributed by atoms with Crippen molar-refractivity contribution >= 4 is 11.8 Å². The number of benzene rings is 2. The molecule has 37 heavy (non-hydrogen) atoms. The zero-order chi connectivity index (χ0) is 25.8. The molecule has 10 heteroatoms. The highest BCUT2D eigenvalue weighted by Crippen LogP contribution is 2.33. The molecule has 2 amide bonds. The number of carbonyl (C=O) groups is 2. The molecule has 1 N–H and O–H groups in total. The summed E-state index contributed by atoms with van der Waals surface area (Å²) < 4.78 is 10.9. The molecule has 3 aromatic rings. The molecule has 10 nitrogen and oxygen atoms in total. The molecule has 2 heterocycles. The van der Waals surface area contributed by atoms with Crippen LogP contribution in [0.5, 0.6) is 11.5 Å². The summed E-state index contributed by atoms with van der Waals surface area (Å²) in [7, 11) is 0. The van der Waals surface area contributed by atoms with Crippen molar-refractivity contribution in [3.8, 4) is 22.9 Å². The lowest BCUT2D eigenvalue weighted by Crippen LogP contribution is -2.51. The van der Waals surface area contributed by atoms with E-state index >= 15 is 0 Å². The molecule has 0 radical (unpaired) electrons. The van der Waals surface area contributed by atoms with E-state index in [-0.39, 0.29) is 37.7 Å². The van der Waals surface area contributed by atoms with Crippen LogP contribution in [0.15, 0.2) is 42.5 Å². The van der Waals surface area contributed by atoms with E-state index in [1.165, 1.54) is 4.80 Å². The topological polar surface area (TPSA) is 111 Å². The van der Waals surface area contributed by atoms with Crippen LogP contribution in [0.2, 0.25) is 0 Å². The van der Waals surface area contributed by atoms with Gasteiger partial charge in [-0.25, -0.2) is 0 Å². The van der Waals surface area contributed by atoms with E-state index in [4.69, 9.17) is 9.47 Å². The van der Waals surface area contributed by atoms with Gasteiger partial charge in [-0.3, -0.25) is 9.59 Å². The maximum Gasteiger partial charge on any atom is 0.247 e. The van der Waals surface area contributed by atoms with Crippen LogP contribution in [0.1, 0.15) is 50.2 Å². The summed E-state index contributed by atoms with van der Waals surface area (Å²) in [6.07, 6.45) is 4.66. The third-order valence-corrected chi connectivity index (χ3v) is 6.92. The number of tetrazole rings is 1. The first-order valence-corrected chi connectivity index (χ1v) is 12.8. The van der Waals surface area contributed by atoms with Gasteiger partial charge in [0.05, 0.1) is 0 Å². The van der Waals surface area contributed by atoms with Crippen molar-refractivity contribution < 1.29 is 19.1 Å². The number of nitrogens with zero attached hydrogens (tertiary/aromatic N) is 5. The lowest BCUT2D eigenvalue weighted by Gasteiger charge is -2.31. The summed E-state index contributed by atoms with van der Waals surface area (Å²) in [4.78, 5) is 29.9. The van der Waals surface area contributed by atoms with E-state index in [1.54, 1.807) is 4.90 Å². The lowest BCUT2D eigenvalue weighted by molar-refractivity contribution is -0.142. The Kier molecular flexibility index (Phi) is 7.34. The molecule has 0 bridgehead atoms. The van der Waals surface area contributed by atoms with Gasteiger partial charge in [0.15, 0.2) is 11.5 Å². The zero-order valence-electron chi connectivity index (χ0n) is 21.2. The molecule has 2 aromatic carbocycles. The Labute approximate surface area is 215 Å². The second-order valence-electron chi connectivity index (χ2n) is 9.63. The van der Waals surface area contributed by atoms with E-state index in [2.05, 4.69) is 20.7 Å². The highest BCUT2D eigenvalue weighted by molar-refractivity contribution is 5.87. The van der Waals surface area contributed by atoms with Gasteiger partial charge in [0.2, 0.25) is 24.4 Å². The van der Waals surface area contributed by atoms with Crippen LogP contribution in [-0.2, 0) is 22.7 Å². The van der Waals surface area contributed by atoms with Crippen molar-refractivity contribution in [2.45, 2.75) is 71.1 Å². The van der Waals surface area contributed by atoms with E-state index in [9.17, 15) is 9.59 Å². The molecule has 5 rings (SSSR count). The average Bonchev–Trinajstić information content (AvgIpc) is 3.66. The minimum atomic E-state index is -0.626. The SMILES string of the molecule is CC[C@@H](C(=O)NC1CCCC1)N(Cc1ccc2c(c1)OCO2)C(=O)Cn1nnc(-c2ccc(C)cc2)n1. The molecule has 1 fully saturated rings. The minimum absolute atomic E-state index is 0.128. The molecule has 194 valence electrons. The summed E-state index contributed by atoms with van der Waals surface area (Å²) in [5, 5.41) is 15.8. The summed E-state index contributed by atoms with van der Waals surface area (Å²) >= 11 is 0. The third-order valence-electron chi connectivity index (χ3n) is 6.92. The third kappa shape index (κ3) is 5.73. The molecule has 0 saturated heterocycles. The van der Waals surface area contributed by atoms with Gasteiger partial charge < -0.3 is 19.7 Å². The van der Waals surface area contributed by atoms with Gasteiger partial charge in [0, 0.05) is 18.2 Å². The second-order valence-corrected chi connectivity index (χ2v) is 9.63. The van der Waals surface area contributed by atoms with Gasteiger partial charge in [-0.15, -0.1) is 10.2 Å². The summed E-state index contributed by atoms with van der Waals surface area (Å²) in [5.74, 6) is 1.35. The Morgan fingerprint density at radius 2 is 1.86 bits per heavy atom. The van der Waals surface area contributed by atoms with Crippen molar-refractivity contribution in [1.29, 1.82) is 0 Å². The zero-order valence-corrected chi connectivity index (χ0v) is 21.2. The van der Waals surface area contributed by atoms with Crippen molar-refractivity contribution in [2.24, 2.45) is 0 Å². The number of hydrogen-bond acceptors (Lipinski definition) is 7. The predicted molar refractivity (Wildman–Crippen MR) is 136 cm³/mol. The lowest BCUT2D eigenvalue weighted by atomic mass is 10.1. The van der Waals surface area contributed by atoms with E-state index in [0.717, 1.165) is 42.4 Å². The van der Waals surface area contributed by atoms with Crippen LogP contribution in [0, 0.1) is 6.92 Å². The van der Waals surface area contributed by atoms with Crippen LogP contribution in [0.4, 0.5) is 0 Å². The van der Waals surface area contributed by atoms with Gasteiger partial charge in [-0.1, -0.05) is 55.7 Å². The Balaban J connectivity index is 1.36. The number of amides is 2.